The molecule has 1 rings (SSSR count). The maximum atomic E-state index is 12.2. The highest BCUT2D eigenvalue weighted by Crippen LogP contribution is 2.35. The first-order valence-corrected chi connectivity index (χ1v) is 6.90. The third-order valence-electron chi connectivity index (χ3n) is 3.53. The topological polar surface area (TPSA) is 46.6 Å². The summed E-state index contributed by atoms with van der Waals surface area (Å²) in [4.78, 5) is 25.5. The van der Waals surface area contributed by atoms with Gasteiger partial charge in [-0.05, 0) is 26.7 Å². The lowest BCUT2D eigenvalue weighted by molar-refractivity contribution is -0.147. The fraction of sp³-hybridized carbons (Fsp3) is 0.857. The molecule has 1 unspecified atom stereocenters. The Morgan fingerprint density at radius 3 is 2.28 bits per heavy atom. The molecule has 1 atom stereocenters. The molecule has 0 saturated carbocycles. The van der Waals surface area contributed by atoms with E-state index in [0.29, 0.717) is 12.8 Å². The van der Waals surface area contributed by atoms with Gasteiger partial charge in [-0.25, -0.2) is 0 Å². The largest absolute Gasteiger partial charge is 0.459 e. The van der Waals surface area contributed by atoms with Crippen LogP contribution in [0.1, 0.15) is 53.4 Å². The van der Waals surface area contributed by atoms with Crippen molar-refractivity contribution in [3.05, 3.63) is 0 Å². The number of amides is 1. The molecule has 0 aromatic rings. The number of rotatable bonds is 6. The SMILES string of the molecule is CCCN(CCC)C(=O)CC1CC(=O)OC1(C)C. The van der Waals surface area contributed by atoms with Gasteiger partial charge < -0.3 is 9.64 Å². The molecule has 0 aromatic carbocycles. The molecule has 0 aromatic heterocycles. The summed E-state index contributed by atoms with van der Waals surface area (Å²) in [6.07, 6.45) is 2.72. The van der Waals surface area contributed by atoms with Gasteiger partial charge in [-0.1, -0.05) is 13.8 Å². The highest BCUT2D eigenvalue weighted by atomic mass is 16.6. The van der Waals surface area contributed by atoms with Crippen LogP contribution in [-0.2, 0) is 14.3 Å². The average molecular weight is 255 g/mol. The minimum Gasteiger partial charge on any atom is -0.459 e. The second-order valence-electron chi connectivity index (χ2n) is 5.56. The van der Waals surface area contributed by atoms with Crippen LogP contribution in [0.3, 0.4) is 0 Å². The summed E-state index contributed by atoms with van der Waals surface area (Å²) in [7, 11) is 0. The van der Waals surface area contributed by atoms with Crippen molar-refractivity contribution < 1.29 is 14.3 Å². The van der Waals surface area contributed by atoms with Gasteiger partial charge in [-0.15, -0.1) is 0 Å². The number of esters is 1. The minimum atomic E-state index is -0.503. The number of cyclic esters (lactones) is 1. The van der Waals surface area contributed by atoms with Crippen molar-refractivity contribution in [2.75, 3.05) is 13.1 Å². The molecule has 4 heteroatoms. The summed E-state index contributed by atoms with van der Waals surface area (Å²) < 4.78 is 5.25. The molecule has 0 N–H and O–H groups in total. The molecule has 4 nitrogen and oxygen atoms in total. The summed E-state index contributed by atoms with van der Waals surface area (Å²) >= 11 is 0. The average Bonchev–Trinajstić information content (AvgIpc) is 2.51. The molecule has 18 heavy (non-hydrogen) atoms. The van der Waals surface area contributed by atoms with E-state index in [1.807, 2.05) is 18.7 Å². The Bertz CT molecular complexity index is 306. The molecule has 1 fully saturated rings. The fourth-order valence-electron chi connectivity index (χ4n) is 2.42. The lowest BCUT2D eigenvalue weighted by Crippen LogP contribution is -2.37. The van der Waals surface area contributed by atoms with Crippen molar-refractivity contribution in [3.63, 3.8) is 0 Å². The third-order valence-corrected chi connectivity index (χ3v) is 3.53. The predicted octanol–water partition coefficient (Wildman–Crippen LogP) is 2.37. The van der Waals surface area contributed by atoms with Crippen LogP contribution < -0.4 is 0 Å². The quantitative estimate of drug-likeness (QED) is 0.684. The molecule has 0 spiro atoms. The maximum absolute atomic E-state index is 12.2. The summed E-state index contributed by atoms with van der Waals surface area (Å²) in [5.41, 5.74) is -0.503. The molecule has 0 aliphatic carbocycles. The zero-order valence-electron chi connectivity index (χ0n) is 12.0. The van der Waals surface area contributed by atoms with Gasteiger partial charge in [0, 0.05) is 25.4 Å². The second kappa shape index (κ2) is 6.21. The maximum Gasteiger partial charge on any atom is 0.306 e. The molecule has 1 saturated heterocycles. The molecule has 1 heterocycles. The number of carbonyl (C=O) groups is 2. The smallest absolute Gasteiger partial charge is 0.306 e. The minimum absolute atomic E-state index is 0.00807. The van der Waals surface area contributed by atoms with E-state index >= 15 is 0 Å². The van der Waals surface area contributed by atoms with Gasteiger partial charge in [-0.3, -0.25) is 9.59 Å². The van der Waals surface area contributed by atoms with Gasteiger partial charge in [0.05, 0.1) is 6.42 Å². The first-order chi connectivity index (χ1) is 8.40. The Balaban J connectivity index is 2.59. The number of hydrogen-bond donors (Lipinski definition) is 0. The summed E-state index contributed by atoms with van der Waals surface area (Å²) in [5.74, 6) is -0.0286. The van der Waals surface area contributed by atoms with Crippen molar-refractivity contribution in [2.24, 2.45) is 5.92 Å². The highest BCUT2D eigenvalue weighted by molar-refractivity contribution is 5.79. The molecule has 0 bridgehead atoms. The predicted molar refractivity (Wildman–Crippen MR) is 70.1 cm³/mol. The van der Waals surface area contributed by atoms with Crippen molar-refractivity contribution in [1.29, 1.82) is 0 Å². The van der Waals surface area contributed by atoms with Gasteiger partial charge in [0.1, 0.15) is 5.60 Å². The number of ether oxygens (including phenoxy) is 1. The first kappa shape index (κ1) is 15.0. The van der Waals surface area contributed by atoms with Crippen LogP contribution in [-0.4, -0.2) is 35.5 Å². The van der Waals surface area contributed by atoms with Crippen molar-refractivity contribution in [2.45, 2.75) is 59.0 Å². The zero-order valence-corrected chi connectivity index (χ0v) is 12.0. The van der Waals surface area contributed by atoms with E-state index in [-0.39, 0.29) is 17.8 Å². The van der Waals surface area contributed by atoms with E-state index in [1.165, 1.54) is 0 Å². The molecule has 1 aliphatic heterocycles. The van der Waals surface area contributed by atoms with Crippen LogP contribution in [0.4, 0.5) is 0 Å². The normalized spacial score (nSPS) is 21.8. The van der Waals surface area contributed by atoms with Gasteiger partial charge >= 0.3 is 5.97 Å². The van der Waals surface area contributed by atoms with Crippen molar-refractivity contribution in [3.8, 4) is 0 Å². The molecule has 1 aliphatic rings. The molecular weight excluding hydrogens is 230 g/mol. The van der Waals surface area contributed by atoms with Crippen molar-refractivity contribution in [1.82, 2.24) is 4.90 Å². The molecule has 0 radical (unpaired) electrons. The second-order valence-corrected chi connectivity index (χ2v) is 5.56. The summed E-state index contributed by atoms with van der Waals surface area (Å²) in [6.45, 7) is 9.52. The first-order valence-electron chi connectivity index (χ1n) is 6.90. The van der Waals surface area contributed by atoms with Crippen LogP contribution >= 0.6 is 0 Å². The van der Waals surface area contributed by atoms with Crippen LogP contribution in [0.15, 0.2) is 0 Å². The number of carbonyl (C=O) groups excluding carboxylic acids is 2. The van der Waals surface area contributed by atoms with E-state index in [2.05, 4.69) is 13.8 Å². The Labute approximate surface area is 110 Å². The van der Waals surface area contributed by atoms with E-state index in [4.69, 9.17) is 4.74 Å². The molecular formula is C14H25NO3. The van der Waals surface area contributed by atoms with Gasteiger partial charge in [0.25, 0.3) is 0 Å². The summed E-state index contributed by atoms with van der Waals surface area (Å²) in [5, 5.41) is 0. The Hall–Kier alpha value is -1.06. The molecule has 104 valence electrons. The summed E-state index contributed by atoms with van der Waals surface area (Å²) in [6, 6.07) is 0. The number of nitrogens with zero attached hydrogens (tertiary/aromatic N) is 1. The third kappa shape index (κ3) is 3.72. The van der Waals surface area contributed by atoms with Gasteiger partial charge in [0.15, 0.2) is 0 Å². The molecule has 1 amide bonds. The Morgan fingerprint density at radius 2 is 1.89 bits per heavy atom. The van der Waals surface area contributed by atoms with E-state index in [1.54, 1.807) is 0 Å². The van der Waals surface area contributed by atoms with Crippen LogP contribution in [0.25, 0.3) is 0 Å². The van der Waals surface area contributed by atoms with Gasteiger partial charge in [0.2, 0.25) is 5.91 Å². The van der Waals surface area contributed by atoms with E-state index in [0.717, 1.165) is 25.9 Å². The number of hydrogen-bond acceptors (Lipinski definition) is 3. The monoisotopic (exact) mass is 255 g/mol. The van der Waals surface area contributed by atoms with Crippen LogP contribution in [0.5, 0.6) is 0 Å². The Morgan fingerprint density at radius 1 is 1.33 bits per heavy atom. The standard InChI is InChI=1S/C14H25NO3/c1-5-7-15(8-6-2)12(16)9-11-10-13(17)18-14(11,3)4/h11H,5-10H2,1-4H3. The fourth-order valence-corrected chi connectivity index (χ4v) is 2.42. The van der Waals surface area contributed by atoms with Crippen molar-refractivity contribution >= 4 is 11.9 Å². The van der Waals surface area contributed by atoms with E-state index < -0.39 is 5.60 Å². The Kier molecular flexibility index (Phi) is 5.17. The lowest BCUT2D eigenvalue weighted by atomic mass is 9.87. The highest BCUT2D eigenvalue weighted by Gasteiger charge is 2.42. The van der Waals surface area contributed by atoms with Crippen LogP contribution in [0.2, 0.25) is 0 Å². The zero-order chi connectivity index (χ0) is 13.8. The van der Waals surface area contributed by atoms with Crippen LogP contribution in [0, 0.1) is 5.92 Å². The van der Waals surface area contributed by atoms with E-state index in [9.17, 15) is 9.59 Å². The lowest BCUT2D eigenvalue weighted by Gasteiger charge is -2.27. The van der Waals surface area contributed by atoms with Gasteiger partial charge in [-0.2, -0.15) is 0 Å².